The highest BCUT2D eigenvalue weighted by Gasteiger charge is 2.02. The summed E-state index contributed by atoms with van der Waals surface area (Å²) in [6.07, 6.45) is 1.56. The molecule has 7 heteroatoms. The van der Waals surface area contributed by atoms with Crippen LogP contribution in [0, 0.1) is 6.92 Å². The van der Waals surface area contributed by atoms with Gasteiger partial charge in [-0.05, 0) is 19.1 Å². The second-order valence-electron chi connectivity index (χ2n) is 3.99. The van der Waals surface area contributed by atoms with E-state index in [0.717, 1.165) is 5.69 Å². The van der Waals surface area contributed by atoms with Crippen molar-refractivity contribution in [3.05, 3.63) is 30.1 Å². The van der Waals surface area contributed by atoms with Crippen LogP contribution in [0.25, 0.3) is 0 Å². The number of carbonyl (C=O) groups is 1. The highest BCUT2D eigenvalue weighted by atomic mass is 16.1. The van der Waals surface area contributed by atoms with Crippen molar-refractivity contribution >= 4 is 29.2 Å². The number of pyridine rings is 1. The van der Waals surface area contributed by atoms with E-state index in [-0.39, 0.29) is 11.9 Å². The van der Waals surface area contributed by atoms with Gasteiger partial charge in [0, 0.05) is 18.7 Å². The topological polar surface area (TPSA) is 106 Å². The Morgan fingerprint density at radius 2 is 2.05 bits per heavy atom. The molecule has 0 radical (unpaired) electrons. The molecule has 0 spiro atoms. The quantitative estimate of drug-likeness (QED) is 0.769. The van der Waals surface area contributed by atoms with E-state index in [1.807, 2.05) is 6.92 Å². The second-order valence-corrected chi connectivity index (χ2v) is 3.99. The summed E-state index contributed by atoms with van der Waals surface area (Å²) in [4.78, 5) is 23.1. The number of hydrogen-bond donors (Lipinski definition) is 3. The Kier molecular flexibility index (Phi) is 3.56. The van der Waals surface area contributed by atoms with E-state index >= 15 is 0 Å². The van der Waals surface area contributed by atoms with Crippen LogP contribution in [0.1, 0.15) is 12.6 Å². The Balaban J connectivity index is 2.12. The maximum Gasteiger partial charge on any atom is 0.222 e. The van der Waals surface area contributed by atoms with E-state index < -0.39 is 0 Å². The molecule has 0 atom stereocenters. The molecule has 4 N–H and O–H groups in total. The molecule has 0 fully saturated rings. The summed E-state index contributed by atoms with van der Waals surface area (Å²) in [6.45, 7) is 3.27. The van der Waals surface area contributed by atoms with Gasteiger partial charge in [-0.3, -0.25) is 4.79 Å². The minimum atomic E-state index is -0.137. The van der Waals surface area contributed by atoms with Gasteiger partial charge in [-0.2, -0.15) is 4.98 Å². The first-order valence-corrected chi connectivity index (χ1v) is 5.65. The number of amides is 1. The van der Waals surface area contributed by atoms with Crippen LogP contribution < -0.4 is 16.4 Å². The fourth-order valence-electron chi connectivity index (χ4n) is 1.53. The maximum atomic E-state index is 10.9. The predicted octanol–water partition coefficient (Wildman–Crippen LogP) is 1.46. The summed E-state index contributed by atoms with van der Waals surface area (Å²) in [5, 5.41) is 5.65. The van der Waals surface area contributed by atoms with E-state index in [0.29, 0.717) is 17.3 Å². The number of nitrogens with one attached hydrogen (secondary N) is 2. The minimum absolute atomic E-state index is 0.137. The highest BCUT2D eigenvalue weighted by Crippen LogP contribution is 2.15. The summed E-state index contributed by atoms with van der Waals surface area (Å²) < 4.78 is 0. The number of aryl methyl sites for hydroxylation is 1. The molecular weight excluding hydrogens is 244 g/mol. The van der Waals surface area contributed by atoms with Gasteiger partial charge in [-0.25, -0.2) is 9.97 Å². The number of anilines is 4. The first-order valence-electron chi connectivity index (χ1n) is 5.65. The number of nitrogen functional groups attached to an aromatic ring is 1. The van der Waals surface area contributed by atoms with Gasteiger partial charge in [0.05, 0.1) is 11.9 Å². The number of nitrogens with two attached hydrogens (primary N) is 1. The van der Waals surface area contributed by atoms with Crippen LogP contribution in [0.5, 0.6) is 0 Å². The van der Waals surface area contributed by atoms with Gasteiger partial charge in [0.2, 0.25) is 11.9 Å². The lowest BCUT2D eigenvalue weighted by Crippen LogP contribution is -2.06. The molecule has 0 aliphatic heterocycles. The molecule has 0 unspecified atom stereocenters. The van der Waals surface area contributed by atoms with E-state index in [4.69, 9.17) is 5.73 Å². The molecule has 0 saturated heterocycles. The van der Waals surface area contributed by atoms with Gasteiger partial charge in [0.15, 0.2) is 0 Å². The fraction of sp³-hybridized carbons (Fsp3) is 0.167. The van der Waals surface area contributed by atoms with Crippen LogP contribution in [0.2, 0.25) is 0 Å². The summed E-state index contributed by atoms with van der Waals surface area (Å²) in [6, 6.07) is 5.24. The van der Waals surface area contributed by atoms with Gasteiger partial charge in [0.25, 0.3) is 0 Å². The third-order valence-corrected chi connectivity index (χ3v) is 2.21. The van der Waals surface area contributed by atoms with Crippen molar-refractivity contribution in [1.29, 1.82) is 0 Å². The molecule has 2 aromatic heterocycles. The van der Waals surface area contributed by atoms with Crippen LogP contribution in [0.4, 0.5) is 23.3 Å². The van der Waals surface area contributed by atoms with Gasteiger partial charge in [-0.1, -0.05) is 0 Å². The fourth-order valence-corrected chi connectivity index (χ4v) is 1.53. The molecule has 98 valence electrons. The summed E-state index contributed by atoms with van der Waals surface area (Å²) in [7, 11) is 0. The van der Waals surface area contributed by atoms with Crippen LogP contribution in [0.3, 0.4) is 0 Å². The third-order valence-electron chi connectivity index (χ3n) is 2.21. The van der Waals surface area contributed by atoms with Gasteiger partial charge in [0.1, 0.15) is 11.6 Å². The normalized spacial score (nSPS) is 10.0. The number of carbonyl (C=O) groups excluding carboxylic acids is 1. The average Bonchev–Trinajstić information content (AvgIpc) is 2.29. The van der Waals surface area contributed by atoms with E-state index in [1.165, 1.54) is 6.92 Å². The van der Waals surface area contributed by atoms with Gasteiger partial charge in [-0.15, -0.1) is 0 Å². The third kappa shape index (κ3) is 3.63. The number of hydrogen-bond acceptors (Lipinski definition) is 6. The molecule has 19 heavy (non-hydrogen) atoms. The van der Waals surface area contributed by atoms with Crippen LogP contribution >= 0.6 is 0 Å². The lowest BCUT2D eigenvalue weighted by atomic mass is 10.4. The molecule has 7 nitrogen and oxygen atoms in total. The van der Waals surface area contributed by atoms with Crippen LogP contribution in [-0.4, -0.2) is 20.9 Å². The molecule has 2 aromatic rings. The Morgan fingerprint density at radius 1 is 1.26 bits per heavy atom. The Labute approximate surface area is 110 Å². The molecule has 2 heterocycles. The molecule has 0 aliphatic rings. The summed E-state index contributed by atoms with van der Waals surface area (Å²) in [5.41, 5.74) is 6.97. The van der Waals surface area contributed by atoms with E-state index in [9.17, 15) is 4.79 Å². The van der Waals surface area contributed by atoms with Gasteiger partial charge >= 0.3 is 0 Å². The molecule has 1 amide bonds. The number of nitrogens with zero attached hydrogens (tertiary/aromatic N) is 3. The SMILES string of the molecule is CC(=O)Nc1ccc(Nc2cc(C)nc(N)n2)nc1. The average molecular weight is 258 g/mol. The zero-order chi connectivity index (χ0) is 13.8. The summed E-state index contributed by atoms with van der Waals surface area (Å²) >= 11 is 0. The largest absolute Gasteiger partial charge is 0.368 e. The number of rotatable bonds is 3. The molecular formula is C12H14N6O. The van der Waals surface area contributed by atoms with Crippen LogP contribution in [0.15, 0.2) is 24.4 Å². The van der Waals surface area contributed by atoms with Crippen molar-refractivity contribution in [3.8, 4) is 0 Å². The molecule has 2 rings (SSSR count). The molecule has 0 aromatic carbocycles. The zero-order valence-electron chi connectivity index (χ0n) is 10.6. The number of aromatic nitrogens is 3. The summed E-state index contributed by atoms with van der Waals surface area (Å²) in [5.74, 6) is 1.25. The van der Waals surface area contributed by atoms with E-state index in [2.05, 4.69) is 25.6 Å². The van der Waals surface area contributed by atoms with Crippen molar-refractivity contribution < 1.29 is 4.79 Å². The van der Waals surface area contributed by atoms with Crippen molar-refractivity contribution in [2.24, 2.45) is 0 Å². The molecule has 0 saturated carbocycles. The lowest BCUT2D eigenvalue weighted by Gasteiger charge is -2.07. The first-order chi connectivity index (χ1) is 9.02. The first kappa shape index (κ1) is 12.7. The molecule has 0 bridgehead atoms. The predicted molar refractivity (Wildman–Crippen MR) is 73.0 cm³/mol. The molecule has 0 aliphatic carbocycles. The van der Waals surface area contributed by atoms with Gasteiger partial charge < -0.3 is 16.4 Å². The lowest BCUT2D eigenvalue weighted by molar-refractivity contribution is -0.114. The van der Waals surface area contributed by atoms with E-state index in [1.54, 1.807) is 24.4 Å². The Bertz CT molecular complexity index is 575. The van der Waals surface area contributed by atoms with Crippen molar-refractivity contribution in [1.82, 2.24) is 15.0 Å². The van der Waals surface area contributed by atoms with Crippen molar-refractivity contribution in [2.45, 2.75) is 13.8 Å². The minimum Gasteiger partial charge on any atom is -0.368 e. The van der Waals surface area contributed by atoms with Crippen molar-refractivity contribution in [3.63, 3.8) is 0 Å². The second kappa shape index (κ2) is 5.30. The standard InChI is InChI=1S/C12H14N6O/c1-7-5-11(18-12(13)15-7)17-10-4-3-9(6-14-10)16-8(2)19/h3-6H,1-2H3,(H,16,19)(H3,13,14,15,17,18). The monoisotopic (exact) mass is 258 g/mol. The zero-order valence-corrected chi connectivity index (χ0v) is 10.6. The van der Waals surface area contributed by atoms with Crippen LogP contribution in [-0.2, 0) is 4.79 Å². The Morgan fingerprint density at radius 3 is 2.63 bits per heavy atom. The van der Waals surface area contributed by atoms with Crippen molar-refractivity contribution in [2.75, 3.05) is 16.4 Å². The Hall–Kier alpha value is -2.70. The smallest absolute Gasteiger partial charge is 0.222 e. The highest BCUT2D eigenvalue weighted by molar-refractivity contribution is 5.88. The maximum absolute atomic E-state index is 10.9.